The Morgan fingerprint density at radius 1 is 1.30 bits per heavy atom. The third-order valence-corrected chi connectivity index (χ3v) is 5.41. The van der Waals surface area contributed by atoms with Gasteiger partial charge in [0.1, 0.15) is 12.4 Å². The van der Waals surface area contributed by atoms with Crippen LogP contribution in [0, 0.1) is 13.8 Å². The summed E-state index contributed by atoms with van der Waals surface area (Å²) in [7, 11) is 1.49. The molecule has 1 aliphatic heterocycles. The molecule has 3 heterocycles. The van der Waals surface area contributed by atoms with Crippen LogP contribution in [0.2, 0.25) is 0 Å². The first-order chi connectivity index (χ1) is 14.4. The molecule has 10 heteroatoms. The number of nitrogens with zero attached hydrogens (tertiary/aromatic N) is 4. The van der Waals surface area contributed by atoms with Crippen molar-refractivity contribution in [3.63, 3.8) is 0 Å². The summed E-state index contributed by atoms with van der Waals surface area (Å²) in [6.07, 6.45) is -0.00473. The highest BCUT2D eigenvalue weighted by Gasteiger charge is 2.46. The van der Waals surface area contributed by atoms with Gasteiger partial charge in [0.15, 0.2) is 29.3 Å². The lowest BCUT2D eigenvalue weighted by molar-refractivity contribution is -0.134. The number of hydrogen-bond donors (Lipinski definition) is 4. The molecule has 1 saturated heterocycles. The molecule has 0 saturated carbocycles. The molecule has 2 aromatic heterocycles. The molecular formula is C20H25N7O3. The standard InChI is InChI=1S/C20H25N7O3/c1-10-4-5-11(2)12(6-10)7-23-17-14-18(25-8-24-17)27(9-26-14)20-15(28)13(21)16(30-20)19(29)22-3/h4-6,8-9,13,15-16,20,28H,7,21H2,1-3H3,(H,22,29)(H,23,24,25)/t13-,15-,16-,20+/m0/s1. The van der Waals surface area contributed by atoms with Crippen molar-refractivity contribution in [2.75, 3.05) is 12.4 Å². The van der Waals surface area contributed by atoms with E-state index in [9.17, 15) is 9.90 Å². The van der Waals surface area contributed by atoms with Crippen LogP contribution < -0.4 is 16.4 Å². The van der Waals surface area contributed by atoms with Crippen LogP contribution in [0.4, 0.5) is 5.82 Å². The van der Waals surface area contributed by atoms with Crippen molar-refractivity contribution < 1.29 is 14.6 Å². The van der Waals surface area contributed by atoms with Gasteiger partial charge in [0.25, 0.3) is 5.91 Å². The molecule has 30 heavy (non-hydrogen) atoms. The van der Waals surface area contributed by atoms with Gasteiger partial charge in [-0.05, 0) is 25.0 Å². The normalized spacial score (nSPS) is 23.6. The van der Waals surface area contributed by atoms with Crippen LogP contribution in [0.1, 0.15) is 22.9 Å². The summed E-state index contributed by atoms with van der Waals surface area (Å²) in [5.74, 6) is 0.179. The minimum atomic E-state index is -1.09. The number of anilines is 1. The van der Waals surface area contributed by atoms with E-state index in [1.54, 1.807) is 4.57 Å². The number of carbonyl (C=O) groups excluding carboxylic acids is 1. The summed E-state index contributed by atoms with van der Waals surface area (Å²) >= 11 is 0. The number of nitrogens with two attached hydrogens (primary N) is 1. The largest absolute Gasteiger partial charge is 0.387 e. The number of carbonyl (C=O) groups is 1. The van der Waals surface area contributed by atoms with E-state index in [2.05, 4.69) is 57.6 Å². The number of ether oxygens (including phenoxy) is 1. The molecular weight excluding hydrogens is 386 g/mol. The molecule has 1 fully saturated rings. The number of imidazole rings is 1. The van der Waals surface area contributed by atoms with E-state index in [0.717, 1.165) is 5.56 Å². The van der Waals surface area contributed by atoms with Crippen molar-refractivity contribution in [3.8, 4) is 0 Å². The van der Waals surface area contributed by atoms with Crippen LogP contribution in [-0.2, 0) is 16.1 Å². The van der Waals surface area contributed by atoms with Crippen molar-refractivity contribution in [1.29, 1.82) is 0 Å². The number of hydrogen-bond acceptors (Lipinski definition) is 8. The summed E-state index contributed by atoms with van der Waals surface area (Å²) in [6, 6.07) is 5.42. The number of likely N-dealkylation sites (N-methyl/N-ethyl adjacent to an activating group) is 1. The summed E-state index contributed by atoms with van der Waals surface area (Å²) in [6.45, 7) is 4.70. The van der Waals surface area contributed by atoms with Gasteiger partial charge in [-0.25, -0.2) is 15.0 Å². The van der Waals surface area contributed by atoms with Gasteiger partial charge in [-0.15, -0.1) is 0 Å². The minimum Gasteiger partial charge on any atom is -0.387 e. The smallest absolute Gasteiger partial charge is 0.250 e. The zero-order valence-electron chi connectivity index (χ0n) is 17.0. The second-order valence-electron chi connectivity index (χ2n) is 7.46. The highest BCUT2D eigenvalue weighted by atomic mass is 16.5. The molecule has 10 nitrogen and oxygen atoms in total. The van der Waals surface area contributed by atoms with Crippen LogP contribution in [-0.4, -0.2) is 55.8 Å². The fourth-order valence-electron chi connectivity index (χ4n) is 3.64. The number of rotatable bonds is 5. The number of aliphatic hydroxyl groups is 1. The molecule has 0 radical (unpaired) electrons. The first-order valence-corrected chi connectivity index (χ1v) is 9.69. The third kappa shape index (κ3) is 3.49. The van der Waals surface area contributed by atoms with Gasteiger partial charge in [-0.2, -0.15) is 0 Å². The van der Waals surface area contributed by atoms with E-state index in [-0.39, 0.29) is 5.91 Å². The van der Waals surface area contributed by atoms with E-state index < -0.39 is 24.5 Å². The lowest BCUT2D eigenvalue weighted by atomic mass is 10.1. The van der Waals surface area contributed by atoms with Crippen molar-refractivity contribution in [2.24, 2.45) is 5.73 Å². The number of aromatic nitrogens is 4. The van der Waals surface area contributed by atoms with Crippen molar-refractivity contribution in [3.05, 3.63) is 47.5 Å². The van der Waals surface area contributed by atoms with Crippen LogP contribution in [0.25, 0.3) is 11.2 Å². The SMILES string of the molecule is CNC(=O)[C@H]1O[C@@H](n2cnc3c(NCc4cc(C)ccc4C)ncnc32)[C@@H](O)[C@@H]1N. The molecule has 3 aromatic rings. The summed E-state index contributed by atoms with van der Waals surface area (Å²) in [5.41, 5.74) is 10.5. The van der Waals surface area contributed by atoms with Gasteiger partial charge < -0.3 is 26.2 Å². The van der Waals surface area contributed by atoms with Gasteiger partial charge in [0.2, 0.25) is 0 Å². The van der Waals surface area contributed by atoms with E-state index in [1.165, 1.54) is 30.8 Å². The number of nitrogens with one attached hydrogen (secondary N) is 2. The zero-order chi connectivity index (χ0) is 21.4. The lowest BCUT2D eigenvalue weighted by Gasteiger charge is -2.16. The molecule has 0 unspecified atom stereocenters. The first-order valence-electron chi connectivity index (χ1n) is 9.69. The van der Waals surface area contributed by atoms with Gasteiger partial charge >= 0.3 is 0 Å². The van der Waals surface area contributed by atoms with E-state index in [1.807, 2.05) is 0 Å². The van der Waals surface area contributed by atoms with Gasteiger partial charge in [-0.1, -0.05) is 23.8 Å². The maximum atomic E-state index is 12.0. The Kier molecular flexibility index (Phi) is 5.37. The van der Waals surface area contributed by atoms with Crippen molar-refractivity contribution in [2.45, 2.75) is 44.9 Å². The average molecular weight is 411 g/mol. The van der Waals surface area contributed by atoms with E-state index in [0.29, 0.717) is 23.5 Å². The zero-order valence-corrected chi connectivity index (χ0v) is 17.0. The quantitative estimate of drug-likeness (QED) is 0.473. The molecule has 0 spiro atoms. The second-order valence-corrected chi connectivity index (χ2v) is 7.46. The molecule has 4 rings (SSSR count). The number of aliphatic hydroxyl groups excluding tert-OH is 1. The Labute approximate surface area is 173 Å². The first kappa shape index (κ1) is 20.2. The van der Waals surface area contributed by atoms with Crippen LogP contribution in [0.5, 0.6) is 0 Å². The van der Waals surface area contributed by atoms with E-state index in [4.69, 9.17) is 10.5 Å². The van der Waals surface area contributed by atoms with Crippen LogP contribution in [0.15, 0.2) is 30.9 Å². The van der Waals surface area contributed by atoms with Crippen molar-refractivity contribution >= 4 is 22.9 Å². The van der Waals surface area contributed by atoms with E-state index >= 15 is 0 Å². The van der Waals surface area contributed by atoms with Gasteiger partial charge in [-0.3, -0.25) is 9.36 Å². The number of aryl methyl sites for hydroxylation is 2. The summed E-state index contributed by atoms with van der Waals surface area (Å²) in [5, 5.41) is 16.4. The van der Waals surface area contributed by atoms with Crippen LogP contribution >= 0.6 is 0 Å². The molecule has 0 aliphatic carbocycles. The third-order valence-electron chi connectivity index (χ3n) is 5.41. The predicted octanol–water partition coefficient (Wildman–Crippen LogP) is 0.387. The molecule has 5 N–H and O–H groups in total. The number of benzene rings is 1. The predicted molar refractivity (Wildman–Crippen MR) is 111 cm³/mol. The van der Waals surface area contributed by atoms with Gasteiger partial charge in [0.05, 0.1) is 12.4 Å². The summed E-state index contributed by atoms with van der Waals surface area (Å²) in [4.78, 5) is 25.0. The lowest BCUT2D eigenvalue weighted by Crippen LogP contribution is -2.46. The summed E-state index contributed by atoms with van der Waals surface area (Å²) < 4.78 is 7.32. The highest BCUT2D eigenvalue weighted by Crippen LogP contribution is 2.31. The topological polar surface area (TPSA) is 140 Å². The molecule has 0 bridgehead atoms. The Bertz CT molecular complexity index is 1080. The maximum absolute atomic E-state index is 12.0. The molecule has 1 aliphatic rings. The number of fused-ring (bicyclic) bond motifs is 1. The van der Waals surface area contributed by atoms with Crippen LogP contribution in [0.3, 0.4) is 0 Å². The molecule has 4 atom stereocenters. The molecule has 1 aromatic carbocycles. The minimum absolute atomic E-state index is 0.390. The monoisotopic (exact) mass is 411 g/mol. The Balaban J connectivity index is 1.61. The molecule has 158 valence electrons. The Morgan fingerprint density at radius 3 is 2.87 bits per heavy atom. The Hall–Kier alpha value is -3.08. The average Bonchev–Trinajstić information content (AvgIpc) is 3.30. The fourth-order valence-corrected chi connectivity index (χ4v) is 3.64. The second kappa shape index (κ2) is 7.98. The highest BCUT2D eigenvalue weighted by molar-refractivity contribution is 5.83. The van der Waals surface area contributed by atoms with Crippen molar-refractivity contribution in [1.82, 2.24) is 24.8 Å². The maximum Gasteiger partial charge on any atom is 0.250 e. The Morgan fingerprint density at radius 2 is 2.10 bits per heavy atom. The van der Waals surface area contributed by atoms with Gasteiger partial charge in [0, 0.05) is 13.6 Å². The molecule has 1 amide bonds. The number of amides is 1. The fraction of sp³-hybridized carbons (Fsp3) is 0.400.